The average molecular weight is 296 g/mol. The van der Waals surface area contributed by atoms with Gasteiger partial charge in [-0.25, -0.2) is 0 Å². The van der Waals surface area contributed by atoms with E-state index in [9.17, 15) is 4.79 Å². The third kappa shape index (κ3) is 2.21. The van der Waals surface area contributed by atoms with Crippen molar-refractivity contribution in [2.24, 2.45) is 0 Å². The van der Waals surface area contributed by atoms with Crippen LogP contribution in [-0.4, -0.2) is 27.5 Å². The van der Waals surface area contributed by atoms with Crippen molar-refractivity contribution < 1.29 is 9.53 Å². The van der Waals surface area contributed by atoms with Gasteiger partial charge in [-0.05, 0) is 34.9 Å². The fourth-order valence-corrected chi connectivity index (χ4v) is 3.01. The van der Waals surface area contributed by atoms with E-state index in [0.717, 1.165) is 16.8 Å². The molecular weight excluding hydrogens is 280 g/mol. The molecule has 22 heavy (non-hydrogen) atoms. The van der Waals surface area contributed by atoms with Gasteiger partial charge >= 0.3 is 0 Å². The molecule has 1 aromatic carbocycles. The molecule has 6 nitrogen and oxygen atoms in total. The molecule has 1 aromatic heterocycles. The van der Waals surface area contributed by atoms with Gasteiger partial charge in [0, 0.05) is 25.1 Å². The van der Waals surface area contributed by atoms with Crippen molar-refractivity contribution in [2.75, 3.05) is 12.3 Å². The Morgan fingerprint density at radius 3 is 2.91 bits per heavy atom. The molecular formula is C16H16N4O2. The standard InChI is InChI=1S/C16H16N4O2/c17-15-6-12-7-20(4-3-14(12)18-19-15)16(21)10-1-2-11-8-22-9-13(11)5-10/h1-2,5-6H,3-4,7-9H2,(H2,17,19). The molecule has 0 radical (unpaired) electrons. The van der Waals surface area contributed by atoms with Crippen LogP contribution in [0.15, 0.2) is 24.3 Å². The van der Waals surface area contributed by atoms with Gasteiger partial charge in [-0.3, -0.25) is 4.79 Å². The van der Waals surface area contributed by atoms with Gasteiger partial charge in [0.1, 0.15) is 5.82 Å². The molecule has 2 N–H and O–H groups in total. The number of carbonyl (C=O) groups is 1. The Kier molecular flexibility index (Phi) is 3.04. The minimum absolute atomic E-state index is 0.0377. The van der Waals surface area contributed by atoms with Crippen molar-refractivity contribution in [1.82, 2.24) is 15.1 Å². The molecule has 0 spiro atoms. The van der Waals surface area contributed by atoms with Gasteiger partial charge < -0.3 is 15.4 Å². The number of benzene rings is 1. The molecule has 0 fully saturated rings. The summed E-state index contributed by atoms with van der Waals surface area (Å²) in [6.45, 7) is 2.41. The Morgan fingerprint density at radius 2 is 2.00 bits per heavy atom. The molecule has 2 aliphatic heterocycles. The number of aromatic nitrogens is 2. The number of nitrogen functional groups attached to an aromatic ring is 1. The zero-order chi connectivity index (χ0) is 15.1. The SMILES string of the molecule is Nc1cc2c(nn1)CCN(C(=O)c1ccc3c(c1)COC3)C2. The van der Waals surface area contributed by atoms with Gasteiger partial charge in [0.05, 0.1) is 18.9 Å². The van der Waals surface area contributed by atoms with Gasteiger partial charge in [0.15, 0.2) is 0 Å². The first-order valence-corrected chi connectivity index (χ1v) is 7.30. The van der Waals surface area contributed by atoms with Crippen LogP contribution in [0.3, 0.4) is 0 Å². The second kappa shape index (κ2) is 5.06. The molecule has 0 atom stereocenters. The van der Waals surface area contributed by atoms with E-state index in [0.29, 0.717) is 44.1 Å². The van der Waals surface area contributed by atoms with Gasteiger partial charge in [-0.2, -0.15) is 5.10 Å². The average Bonchev–Trinajstić information content (AvgIpc) is 3.01. The molecule has 6 heteroatoms. The highest BCUT2D eigenvalue weighted by molar-refractivity contribution is 5.94. The molecule has 2 aliphatic rings. The van der Waals surface area contributed by atoms with Crippen molar-refractivity contribution >= 4 is 11.7 Å². The van der Waals surface area contributed by atoms with E-state index in [1.165, 1.54) is 5.56 Å². The Bertz CT molecular complexity index is 760. The second-order valence-corrected chi connectivity index (χ2v) is 5.69. The highest BCUT2D eigenvalue weighted by atomic mass is 16.5. The summed E-state index contributed by atoms with van der Waals surface area (Å²) in [7, 11) is 0. The zero-order valence-corrected chi connectivity index (χ0v) is 12.1. The van der Waals surface area contributed by atoms with E-state index in [4.69, 9.17) is 10.5 Å². The normalized spacial score (nSPS) is 16.3. The lowest BCUT2D eigenvalue weighted by atomic mass is 10.0. The maximum absolute atomic E-state index is 12.7. The molecule has 0 saturated heterocycles. The monoisotopic (exact) mass is 296 g/mol. The summed E-state index contributed by atoms with van der Waals surface area (Å²) in [6.07, 6.45) is 0.711. The summed E-state index contributed by atoms with van der Waals surface area (Å²) in [5.74, 6) is 0.429. The lowest BCUT2D eigenvalue weighted by Crippen LogP contribution is -2.36. The summed E-state index contributed by atoms with van der Waals surface area (Å²) in [5, 5.41) is 7.97. The molecule has 0 saturated carbocycles. The molecule has 2 aromatic rings. The molecule has 0 unspecified atom stereocenters. The van der Waals surface area contributed by atoms with E-state index in [1.807, 2.05) is 23.1 Å². The Morgan fingerprint density at radius 1 is 1.14 bits per heavy atom. The highest BCUT2D eigenvalue weighted by Crippen LogP contribution is 2.24. The van der Waals surface area contributed by atoms with Crippen LogP contribution < -0.4 is 5.73 Å². The fraction of sp³-hybridized carbons (Fsp3) is 0.312. The van der Waals surface area contributed by atoms with Crippen LogP contribution in [-0.2, 0) is 30.9 Å². The molecule has 0 bridgehead atoms. The van der Waals surface area contributed by atoms with Crippen LogP contribution in [0.5, 0.6) is 0 Å². The van der Waals surface area contributed by atoms with E-state index in [1.54, 1.807) is 6.07 Å². The van der Waals surface area contributed by atoms with Crippen molar-refractivity contribution in [3.8, 4) is 0 Å². The number of hydrogen-bond donors (Lipinski definition) is 1. The molecule has 4 rings (SSSR count). The largest absolute Gasteiger partial charge is 0.382 e. The summed E-state index contributed by atoms with van der Waals surface area (Å²) in [6, 6.07) is 7.61. The van der Waals surface area contributed by atoms with Crippen LogP contribution in [0, 0.1) is 0 Å². The zero-order valence-electron chi connectivity index (χ0n) is 12.1. The Labute approximate surface area is 127 Å². The summed E-state index contributed by atoms with van der Waals surface area (Å²) in [5.41, 5.74) is 10.6. The smallest absolute Gasteiger partial charge is 0.254 e. The van der Waals surface area contributed by atoms with Crippen molar-refractivity contribution in [3.63, 3.8) is 0 Å². The van der Waals surface area contributed by atoms with Gasteiger partial charge in [-0.15, -0.1) is 5.10 Å². The molecule has 1 amide bonds. The lowest BCUT2D eigenvalue weighted by molar-refractivity contribution is 0.0733. The Hall–Kier alpha value is -2.47. The number of amides is 1. The number of nitrogens with two attached hydrogens (primary N) is 1. The number of ether oxygens (including phenoxy) is 1. The highest BCUT2D eigenvalue weighted by Gasteiger charge is 2.24. The maximum Gasteiger partial charge on any atom is 0.254 e. The van der Waals surface area contributed by atoms with Crippen molar-refractivity contribution in [2.45, 2.75) is 26.2 Å². The van der Waals surface area contributed by atoms with E-state index < -0.39 is 0 Å². The number of rotatable bonds is 1. The number of fused-ring (bicyclic) bond motifs is 2. The van der Waals surface area contributed by atoms with E-state index in [-0.39, 0.29) is 5.91 Å². The third-order valence-electron chi connectivity index (χ3n) is 4.21. The van der Waals surface area contributed by atoms with Gasteiger partial charge in [0.25, 0.3) is 5.91 Å². The van der Waals surface area contributed by atoms with Gasteiger partial charge in [-0.1, -0.05) is 6.07 Å². The van der Waals surface area contributed by atoms with Crippen LogP contribution in [0.1, 0.15) is 32.7 Å². The van der Waals surface area contributed by atoms with E-state index in [2.05, 4.69) is 10.2 Å². The minimum Gasteiger partial charge on any atom is -0.382 e. The first-order valence-electron chi connectivity index (χ1n) is 7.30. The first kappa shape index (κ1) is 13.2. The number of anilines is 1. The second-order valence-electron chi connectivity index (χ2n) is 5.69. The number of carbonyl (C=O) groups excluding carboxylic acids is 1. The Balaban J connectivity index is 1.59. The first-order chi connectivity index (χ1) is 10.7. The van der Waals surface area contributed by atoms with E-state index >= 15 is 0 Å². The molecule has 3 heterocycles. The van der Waals surface area contributed by atoms with Crippen LogP contribution >= 0.6 is 0 Å². The van der Waals surface area contributed by atoms with Gasteiger partial charge in [0.2, 0.25) is 0 Å². The summed E-state index contributed by atoms with van der Waals surface area (Å²) in [4.78, 5) is 14.5. The predicted molar refractivity (Wildman–Crippen MR) is 79.8 cm³/mol. The quantitative estimate of drug-likeness (QED) is 0.857. The van der Waals surface area contributed by atoms with Crippen LogP contribution in [0.4, 0.5) is 5.82 Å². The third-order valence-corrected chi connectivity index (χ3v) is 4.21. The summed E-state index contributed by atoms with van der Waals surface area (Å²) < 4.78 is 5.40. The topological polar surface area (TPSA) is 81.3 Å². The minimum atomic E-state index is 0.0377. The van der Waals surface area contributed by atoms with Crippen LogP contribution in [0.25, 0.3) is 0 Å². The van der Waals surface area contributed by atoms with Crippen molar-refractivity contribution in [3.05, 3.63) is 52.2 Å². The molecule has 112 valence electrons. The lowest BCUT2D eigenvalue weighted by Gasteiger charge is -2.28. The molecule has 0 aliphatic carbocycles. The fourth-order valence-electron chi connectivity index (χ4n) is 3.01. The van der Waals surface area contributed by atoms with Crippen LogP contribution in [0.2, 0.25) is 0 Å². The maximum atomic E-state index is 12.7. The number of hydrogen-bond acceptors (Lipinski definition) is 5. The number of nitrogens with zero attached hydrogens (tertiary/aromatic N) is 3. The summed E-state index contributed by atoms with van der Waals surface area (Å²) >= 11 is 0. The van der Waals surface area contributed by atoms with Crippen molar-refractivity contribution in [1.29, 1.82) is 0 Å². The predicted octanol–water partition coefficient (Wildman–Crippen LogP) is 1.29.